The summed E-state index contributed by atoms with van der Waals surface area (Å²) in [4.78, 5) is 9.66. The van der Waals surface area contributed by atoms with Crippen LogP contribution in [0.2, 0.25) is 0 Å². The predicted molar refractivity (Wildman–Crippen MR) is 47.9 cm³/mol. The van der Waals surface area contributed by atoms with E-state index in [0.29, 0.717) is 12.1 Å². The Bertz CT molecular complexity index is 368. The molecule has 15 heavy (non-hydrogen) atoms. The summed E-state index contributed by atoms with van der Waals surface area (Å²) in [7, 11) is -1.77. The summed E-state index contributed by atoms with van der Waals surface area (Å²) in [6, 6.07) is 0.866. The molecule has 0 atom stereocenters. The molecule has 0 aliphatic heterocycles. The highest BCUT2D eigenvalue weighted by Crippen LogP contribution is 2.10. The highest BCUT2D eigenvalue weighted by atomic mass is 28.4. The van der Waals surface area contributed by atoms with Crippen molar-refractivity contribution in [2.24, 2.45) is 0 Å². The summed E-state index contributed by atoms with van der Waals surface area (Å²) < 4.78 is 47.8. The molecular weight excluding hydrogens is 229 g/mol. The molecule has 0 aromatic heterocycles. The second-order valence-corrected chi connectivity index (χ2v) is 5.26. The number of hydrogen-bond donors (Lipinski definition) is 1. The third-order valence-electron chi connectivity index (χ3n) is 1.90. The predicted octanol–water partition coefficient (Wildman–Crippen LogP) is 0.535. The van der Waals surface area contributed by atoms with Crippen LogP contribution in [0.15, 0.2) is 12.1 Å². The highest BCUT2D eigenvalue weighted by molar-refractivity contribution is 6.74. The van der Waals surface area contributed by atoms with Crippen LogP contribution in [0.4, 0.5) is 13.2 Å². The van der Waals surface area contributed by atoms with Gasteiger partial charge in [-0.3, -0.25) is 0 Å². The van der Waals surface area contributed by atoms with Crippen molar-refractivity contribution >= 4 is 14.0 Å². The van der Waals surface area contributed by atoms with Crippen LogP contribution < -0.4 is 5.19 Å². The molecule has 0 saturated heterocycles. The van der Waals surface area contributed by atoms with Gasteiger partial charge in [0.05, 0.1) is 5.19 Å². The fourth-order valence-corrected chi connectivity index (χ4v) is 2.36. The van der Waals surface area contributed by atoms with Gasteiger partial charge in [-0.2, -0.15) is 0 Å². The van der Waals surface area contributed by atoms with E-state index in [2.05, 4.69) is 8.85 Å². The summed E-state index contributed by atoms with van der Waals surface area (Å²) in [5.41, 5.74) is 0. The standard InChI is InChI=1S/C8H9F3O3Si/c1-13-15(12,14-2)8-4-6(10)5(9)3-7(8)11/h3-4,12H,1-2H3. The minimum absolute atomic E-state index is 0.334. The number of benzene rings is 1. The van der Waals surface area contributed by atoms with Crippen molar-refractivity contribution in [3.05, 3.63) is 29.6 Å². The molecule has 0 saturated carbocycles. The van der Waals surface area contributed by atoms with Crippen molar-refractivity contribution in [2.45, 2.75) is 0 Å². The molecule has 1 N–H and O–H groups in total. The lowest BCUT2D eigenvalue weighted by atomic mass is 10.3. The lowest BCUT2D eigenvalue weighted by molar-refractivity contribution is 0.168. The summed E-state index contributed by atoms with van der Waals surface area (Å²) in [5, 5.41) is -0.494. The summed E-state index contributed by atoms with van der Waals surface area (Å²) >= 11 is 0. The molecule has 0 amide bonds. The van der Waals surface area contributed by atoms with Crippen LogP contribution in [0.1, 0.15) is 0 Å². The molecule has 0 heterocycles. The lowest BCUT2D eigenvalue weighted by Gasteiger charge is -2.20. The second kappa shape index (κ2) is 4.31. The number of rotatable bonds is 3. The first-order chi connectivity index (χ1) is 6.94. The largest absolute Gasteiger partial charge is 0.537 e. The minimum Gasteiger partial charge on any atom is -0.386 e. The van der Waals surface area contributed by atoms with Gasteiger partial charge in [-0.15, -0.1) is 0 Å². The van der Waals surface area contributed by atoms with Crippen LogP contribution >= 0.6 is 0 Å². The van der Waals surface area contributed by atoms with E-state index in [9.17, 15) is 18.0 Å². The first-order valence-electron chi connectivity index (χ1n) is 3.92. The Hall–Kier alpha value is -0.893. The Kier molecular flexibility index (Phi) is 3.50. The fourth-order valence-electron chi connectivity index (χ4n) is 1.07. The maximum absolute atomic E-state index is 13.2. The van der Waals surface area contributed by atoms with Gasteiger partial charge in [0.15, 0.2) is 11.6 Å². The van der Waals surface area contributed by atoms with E-state index >= 15 is 0 Å². The van der Waals surface area contributed by atoms with E-state index in [1.165, 1.54) is 0 Å². The molecule has 7 heteroatoms. The van der Waals surface area contributed by atoms with E-state index < -0.39 is 31.4 Å². The van der Waals surface area contributed by atoms with Gasteiger partial charge >= 0.3 is 8.80 Å². The summed E-state index contributed by atoms with van der Waals surface area (Å²) in [5.74, 6) is -3.71. The van der Waals surface area contributed by atoms with Crippen molar-refractivity contribution in [1.29, 1.82) is 0 Å². The van der Waals surface area contributed by atoms with Crippen molar-refractivity contribution in [2.75, 3.05) is 14.2 Å². The topological polar surface area (TPSA) is 38.7 Å². The monoisotopic (exact) mass is 238 g/mol. The van der Waals surface area contributed by atoms with Crippen LogP contribution in [0.3, 0.4) is 0 Å². The van der Waals surface area contributed by atoms with Gasteiger partial charge in [0, 0.05) is 20.3 Å². The summed E-state index contributed by atoms with van der Waals surface area (Å²) in [6.45, 7) is 0. The molecule has 0 aliphatic carbocycles. The van der Waals surface area contributed by atoms with Crippen LogP contribution in [-0.2, 0) is 8.85 Å². The molecule has 1 rings (SSSR count). The maximum atomic E-state index is 13.2. The Morgan fingerprint density at radius 2 is 1.47 bits per heavy atom. The Morgan fingerprint density at radius 1 is 1.00 bits per heavy atom. The van der Waals surface area contributed by atoms with Gasteiger partial charge in [-0.1, -0.05) is 0 Å². The molecule has 0 radical (unpaired) electrons. The molecule has 0 unspecified atom stereocenters. The maximum Gasteiger partial charge on any atom is 0.537 e. The first kappa shape index (κ1) is 12.2. The third kappa shape index (κ3) is 2.20. The average Bonchev–Trinajstić information content (AvgIpc) is 2.22. The van der Waals surface area contributed by atoms with E-state index in [0.717, 1.165) is 14.2 Å². The Morgan fingerprint density at radius 3 is 1.93 bits per heavy atom. The normalized spacial score (nSPS) is 11.9. The van der Waals surface area contributed by atoms with Gasteiger partial charge in [0.2, 0.25) is 0 Å². The van der Waals surface area contributed by atoms with Gasteiger partial charge < -0.3 is 13.6 Å². The van der Waals surface area contributed by atoms with Crippen LogP contribution in [0, 0.1) is 17.5 Å². The molecule has 0 spiro atoms. The van der Waals surface area contributed by atoms with E-state index in [1.54, 1.807) is 0 Å². The van der Waals surface area contributed by atoms with E-state index in [4.69, 9.17) is 0 Å². The molecule has 1 aromatic carbocycles. The third-order valence-corrected chi connectivity index (χ3v) is 4.07. The fraction of sp³-hybridized carbons (Fsp3) is 0.250. The first-order valence-corrected chi connectivity index (χ1v) is 5.68. The van der Waals surface area contributed by atoms with Crippen LogP contribution in [0.25, 0.3) is 0 Å². The van der Waals surface area contributed by atoms with E-state index in [1.807, 2.05) is 0 Å². The number of hydrogen-bond acceptors (Lipinski definition) is 3. The Balaban J connectivity index is 3.30. The molecular formula is C8H9F3O3Si. The van der Waals surface area contributed by atoms with Crippen molar-refractivity contribution in [3.8, 4) is 0 Å². The number of halogens is 3. The molecule has 0 fully saturated rings. The quantitative estimate of drug-likeness (QED) is 0.617. The Labute approximate surface area is 85.4 Å². The van der Waals surface area contributed by atoms with Crippen LogP contribution in [0.5, 0.6) is 0 Å². The summed E-state index contributed by atoms with van der Waals surface area (Å²) in [6.07, 6.45) is 0. The zero-order valence-electron chi connectivity index (χ0n) is 8.05. The van der Waals surface area contributed by atoms with Crippen molar-refractivity contribution in [3.63, 3.8) is 0 Å². The smallest absolute Gasteiger partial charge is 0.386 e. The van der Waals surface area contributed by atoms with Crippen LogP contribution in [-0.4, -0.2) is 27.8 Å². The zero-order valence-corrected chi connectivity index (χ0v) is 9.05. The van der Waals surface area contributed by atoms with Gasteiger partial charge in [-0.05, 0) is 6.07 Å². The van der Waals surface area contributed by atoms with Gasteiger partial charge in [0.1, 0.15) is 5.82 Å². The molecule has 1 aromatic rings. The lowest BCUT2D eigenvalue weighted by Crippen LogP contribution is -2.54. The highest BCUT2D eigenvalue weighted by Gasteiger charge is 2.41. The molecule has 0 bridgehead atoms. The molecule has 0 aliphatic rings. The average molecular weight is 238 g/mol. The van der Waals surface area contributed by atoms with Crippen molar-refractivity contribution in [1.82, 2.24) is 0 Å². The van der Waals surface area contributed by atoms with Gasteiger partial charge in [0.25, 0.3) is 0 Å². The van der Waals surface area contributed by atoms with Crippen molar-refractivity contribution < 1.29 is 26.8 Å². The van der Waals surface area contributed by atoms with Gasteiger partial charge in [-0.25, -0.2) is 13.2 Å². The zero-order chi connectivity index (χ0) is 11.6. The SMILES string of the molecule is CO[Si](O)(OC)c1cc(F)c(F)cc1F. The molecule has 84 valence electrons. The minimum atomic E-state index is -3.95. The van der Waals surface area contributed by atoms with E-state index in [-0.39, 0.29) is 0 Å². The second-order valence-electron chi connectivity index (χ2n) is 2.74. The molecule has 3 nitrogen and oxygen atoms in total.